The van der Waals surface area contributed by atoms with Crippen molar-refractivity contribution >= 4 is 23.1 Å². The lowest BCUT2D eigenvalue weighted by atomic mass is 9.71. The number of hydrogen-bond acceptors (Lipinski definition) is 5. The van der Waals surface area contributed by atoms with Crippen molar-refractivity contribution < 1.29 is 28.6 Å². The number of rotatable bonds is 8. The van der Waals surface area contributed by atoms with Crippen LogP contribution in [0.4, 0.5) is 10.1 Å². The van der Waals surface area contributed by atoms with Crippen molar-refractivity contribution in [3.05, 3.63) is 65.2 Å². The van der Waals surface area contributed by atoms with Crippen LogP contribution >= 0.6 is 0 Å². The minimum atomic E-state index is -1.74. The molecular formula is C33H41FN2O5. The summed E-state index contributed by atoms with van der Waals surface area (Å²) in [5, 5.41) is 9.72. The van der Waals surface area contributed by atoms with Crippen LogP contribution in [0.3, 0.4) is 0 Å². The molecule has 0 bridgehead atoms. The number of aliphatic hydroxyl groups excluding tert-OH is 1. The molecule has 0 radical (unpaired) electrons. The number of carbonyl (C=O) groups is 2. The topological polar surface area (TPSA) is 79.3 Å². The number of amides is 2. The van der Waals surface area contributed by atoms with Crippen LogP contribution in [-0.4, -0.2) is 59.4 Å². The highest BCUT2D eigenvalue weighted by molar-refractivity contribution is 6.12. The molecule has 41 heavy (non-hydrogen) atoms. The first-order valence-corrected chi connectivity index (χ1v) is 14.3. The quantitative estimate of drug-likeness (QED) is 0.474. The molecule has 7 nitrogen and oxygen atoms in total. The molecule has 0 aliphatic carbocycles. The van der Waals surface area contributed by atoms with Crippen molar-refractivity contribution in [3.63, 3.8) is 0 Å². The van der Waals surface area contributed by atoms with Gasteiger partial charge in [-0.2, -0.15) is 0 Å². The second-order valence-electron chi connectivity index (χ2n) is 12.7. The predicted molar refractivity (Wildman–Crippen MR) is 156 cm³/mol. The fourth-order valence-corrected chi connectivity index (χ4v) is 7.43. The number of halogens is 1. The normalized spacial score (nSPS) is 26.3. The van der Waals surface area contributed by atoms with Crippen molar-refractivity contribution in [3.8, 4) is 5.75 Å². The number of anilines is 1. The average Bonchev–Trinajstić information content (AvgIpc) is 3.34. The molecule has 4 atom stereocenters. The number of nitrogens with zero attached hydrogens (tertiary/aromatic N) is 2. The van der Waals surface area contributed by atoms with E-state index in [0.29, 0.717) is 17.9 Å². The average molecular weight is 565 g/mol. The van der Waals surface area contributed by atoms with Crippen LogP contribution in [0.15, 0.2) is 48.5 Å². The molecular weight excluding hydrogens is 523 g/mol. The maximum atomic E-state index is 16.1. The van der Waals surface area contributed by atoms with Crippen LogP contribution in [0.2, 0.25) is 0 Å². The minimum absolute atomic E-state index is 0.114. The zero-order chi connectivity index (χ0) is 29.9. The van der Waals surface area contributed by atoms with Crippen molar-refractivity contribution in [2.45, 2.75) is 77.4 Å². The molecule has 1 spiro atoms. The molecule has 8 heteroatoms. The Morgan fingerprint density at radius 3 is 2.51 bits per heavy atom. The molecule has 0 unspecified atom stereocenters. The molecule has 2 aromatic carbocycles. The number of ether oxygens (including phenoxy) is 2. The smallest absolute Gasteiger partial charge is 0.265 e. The molecule has 2 amide bonds. The van der Waals surface area contributed by atoms with Gasteiger partial charge in [-0.3, -0.25) is 14.5 Å². The first kappa shape index (κ1) is 29.3. The molecule has 0 saturated carbocycles. The van der Waals surface area contributed by atoms with E-state index in [1.165, 1.54) is 13.8 Å². The second-order valence-corrected chi connectivity index (χ2v) is 12.7. The second kappa shape index (κ2) is 10.2. The van der Waals surface area contributed by atoms with Gasteiger partial charge in [-0.1, -0.05) is 43.3 Å². The number of carbonyl (C=O) groups excluding carboxylic acids is 2. The summed E-state index contributed by atoms with van der Waals surface area (Å²) >= 11 is 0. The van der Waals surface area contributed by atoms with E-state index in [-0.39, 0.29) is 31.4 Å². The molecule has 1 N–H and O–H groups in total. The number of fused-ring (bicyclic) bond motifs is 1. The number of allylic oxidation sites excluding steroid dienone is 1. The Balaban J connectivity index is 1.58. The maximum Gasteiger partial charge on any atom is 0.265 e. The van der Waals surface area contributed by atoms with E-state index in [0.717, 1.165) is 22.4 Å². The number of methoxy groups -OCH3 is 1. The minimum Gasteiger partial charge on any atom is -0.497 e. The summed E-state index contributed by atoms with van der Waals surface area (Å²) in [5.41, 5.74) is 0.396. The molecule has 0 aromatic heterocycles. The van der Waals surface area contributed by atoms with Gasteiger partial charge in [0, 0.05) is 36.1 Å². The highest BCUT2D eigenvalue weighted by Crippen LogP contribution is 2.62. The molecule has 3 aliphatic rings. The summed E-state index contributed by atoms with van der Waals surface area (Å²) in [4.78, 5) is 31.7. The van der Waals surface area contributed by atoms with Gasteiger partial charge < -0.3 is 19.5 Å². The Morgan fingerprint density at radius 1 is 1.22 bits per heavy atom. The highest BCUT2D eigenvalue weighted by atomic mass is 19.1. The summed E-state index contributed by atoms with van der Waals surface area (Å²) in [6, 6.07) is 13.3. The lowest BCUT2D eigenvalue weighted by molar-refractivity contribution is -0.151. The fraction of sp³-hybridized carbons (Fsp3) is 0.515. The van der Waals surface area contributed by atoms with E-state index in [2.05, 4.69) is 6.08 Å². The number of aliphatic hydroxyl groups is 1. The molecule has 1 saturated heterocycles. The Bertz CT molecular complexity index is 1380. The van der Waals surface area contributed by atoms with Gasteiger partial charge in [-0.05, 0) is 57.9 Å². The molecule has 1 fully saturated rings. The van der Waals surface area contributed by atoms with Gasteiger partial charge in [0.15, 0.2) is 5.60 Å². The zero-order valence-electron chi connectivity index (χ0n) is 25.0. The van der Waals surface area contributed by atoms with E-state index in [1.807, 2.05) is 70.2 Å². The molecule has 2 aromatic rings. The van der Waals surface area contributed by atoms with Crippen molar-refractivity contribution in [2.24, 2.45) is 11.8 Å². The van der Waals surface area contributed by atoms with E-state index in [1.54, 1.807) is 16.9 Å². The van der Waals surface area contributed by atoms with Gasteiger partial charge in [0.25, 0.3) is 5.91 Å². The Morgan fingerprint density at radius 2 is 1.90 bits per heavy atom. The Labute approximate surface area is 241 Å². The zero-order valence-corrected chi connectivity index (χ0v) is 25.0. The van der Waals surface area contributed by atoms with Crippen LogP contribution in [-0.2, 0) is 26.5 Å². The van der Waals surface area contributed by atoms with E-state index < -0.39 is 34.7 Å². The third kappa shape index (κ3) is 4.65. The van der Waals surface area contributed by atoms with E-state index in [9.17, 15) is 14.7 Å². The lowest BCUT2D eigenvalue weighted by Gasteiger charge is -2.39. The molecule has 3 heterocycles. The van der Waals surface area contributed by atoms with E-state index in [4.69, 9.17) is 9.47 Å². The van der Waals surface area contributed by atoms with Gasteiger partial charge in [-0.15, -0.1) is 0 Å². The van der Waals surface area contributed by atoms with Crippen molar-refractivity contribution in [1.29, 1.82) is 0 Å². The monoisotopic (exact) mass is 564 g/mol. The molecule has 3 aliphatic heterocycles. The molecule has 5 rings (SSSR count). The Kier molecular flexibility index (Phi) is 7.31. The maximum absolute atomic E-state index is 16.1. The summed E-state index contributed by atoms with van der Waals surface area (Å²) in [5.74, 6) is -1.25. The summed E-state index contributed by atoms with van der Waals surface area (Å²) in [6.45, 7) is 11.1. The van der Waals surface area contributed by atoms with Crippen molar-refractivity contribution in [1.82, 2.24) is 4.90 Å². The van der Waals surface area contributed by atoms with Crippen LogP contribution in [0.1, 0.15) is 64.7 Å². The van der Waals surface area contributed by atoms with Crippen LogP contribution in [0, 0.1) is 11.8 Å². The summed E-state index contributed by atoms with van der Waals surface area (Å²) in [6.07, 6.45) is 1.08. The third-order valence-electron chi connectivity index (χ3n) is 9.06. The summed E-state index contributed by atoms with van der Waals surface area (Å²) in [7, 11) is 1.58. The number of hydrogen-bond donors (Lipinski definition) is 1. The van der Waals surface area contributed by atoms with Gasteiger partial charge >= 0.3 is 0 Å². The highest BCUT2D eigenvalue weighted by Gasteiger charge is 2.68. The van der Waals surface area contributed by atoms with Gasteiger partial charge in [0.1, 0.15) is 11.4 Å². The fourth-order valence-electron chi connectivity index (χ4n) is 7.43. The number of benzene rings is 2. The third-order valence-corrected chi connectivity index (χ3v) is 9.06. The van der Waals surface area contributed by atoms with Crippen LogP contribution in [0.5, 0.6) is 5.75 Å². The van der Waals surface area contributed by atoms with Crippen molar-refractivity contribution in [2.75, 3.05) is 25.2 Å². The van der Waals surface area contributed by atoms with Gasteiger partial charge in [0.05, 0.1) is 37.5 Å². The molecule has 220 valence electrons. The van der Waals surface area contributed by atoms with E-state index >= 15 is 4.39 Å². The largest absolute Gasteiger partial charge is 0.497 e. The van der Waals surface area contributed by atoms with Crippen LogP contribution < -0.4 is 9.64 Å². The predicted octanol–water partition coefficient (Wildman–Crippen LogP) is 5.24. The standard InChI is InChI=1S/C33H41FN2O5/c1-20-18-31(3,4)36-29-24(20)15-23(40-7)16-25(29)33(30(36)39)21(2)28(32(5,6)34)26(41-33)17-27(38)35(13-14-37)19-22-11-9-8-10-12-22/h8-12,15-16,18,21,26,28,37H,13-14,17,19H2,1-7H3/t21-,26+,28-,33+/m1/s1. The Hall–Kier alpha value is -3.23. The summed E-state index contributed by atoms with van der Waals surface area (Å²) < 4.78 is 28.5. The number of alkyl halides is 1. The first-order valence-electron chi connectivity index (χ1n) is 14.3. The first-order chi connectivity index (χ1) is 19.3. The van der Waals surface area contributed by atoms with Gasteiger partial charge in [0.2, 0.25) is 5.91 Å². The lowest BCUT2D eigenvalue weighted by Crippen LogP contribution is -2.53. The van der Waals surface area contributed by atoms with Crippen LogP contribution in [0.25, 0.3) is 5.57 Å². The SMILES string of the molecule is COc1cc2c3c(c1)[C@]1(O[C@@H](CC(=O)N(CCO)Cc4ccccc4)[C@H](C(C)(C)F)[C@H]1C)C(=O)N3C(C)(C)C=C2C. The van der Waals surface area contributed by atoms with Gasteiger partial charge in [-0.25, -0.2) is 4.39 Å².